The predicted octanol–water partition coefficient (Wildman–Crippen LogP) is 1.48. The molecule has 0 aliphatic carbocycles. The topological polar surface area (TPSA) is 78.0 Å². The van der Waals surface area contributed by atoms with Gasteiger partial charge < -0.3 is 10.4 Å². The molecule has 19 heavy (non-hydrogen) atoms. The van der Waals surface area contributed by atoms with Gasteiger partial charge in [0.1, 0.15) is 0 Å². The highest BCUT2D eigenvalue weighted by atomic mass is 16.3. The van der Waals surface area contributed by atoms with Crippen molar-refractivity contribution in [2.24, 2.45) is 5.92 Å². The largest absolute Gasteiger partial charge is 0.388 e. The van der Waals surface area contributed by atoms with Crippen molar-refractivity contribution in [3.05, 3.63) is 17.0 Å². The number of hydrogen-bond acceptors (Lipinski definition) is 3. The monoisotopic (exact) mass is 267 g/mol. The molecule has 0 aliphatic rings. The maximum absolute atomic E-state index is 11.9. The van der Waals surface area contributed by atoms with Crippen molar-refractivity contribution in [2.45, 2.75) is 53.1 Å². The van der Waals surface area contributed by atoms with Crippen molar-refractivity contribution in [1.82, 2.24) is 15.5 Å². The van der Waals surface area contributed by atoms with Crippen molar-refractivity contribution in [1.29, 1.82) is 0 Å². The fourth-order valence-electron chi connectivity index (χ4n) is 1.95. The molecule has 1 heterocycles. The molecule has 5 heteroatoms. The lowest BCUT2D eigenvalue weighted by Gasteiger charge is -2.29. The van der Waals surface area contributed by atoms with Gasteiger partial charge in [0.15, 0.2) is 0 Å². The third-order valence-electron chi connectivity index (χ3n) is 3.94. The fraction of sp³-hybridized carbons (Fsp3) is 0.714. The molecule has 0 aliphatic heterocycles. The van der Waals surface area contributed by atoms with Crippen LogP contribution in [-0.2, 0) is 11.2 Å². The lowest BCUT2D eigenvalue weighted by atomic mass is 9.88. The maximum Gasteiger partial charge on any atom is 0.224 e. The number of nitrogens with one attached hydrogen (secondary N) is 2. The second-order valence-electron chi connectivity index (χ2n) is 5.53. The van der Waals surface area contributed by atoms with E-state index >= 15 is 0 Å². The summed E-state index contributed by atoms with van der Waals surface area (Å²) >= 11 is 0. The van der Waals surface area contributed by atoms with E-state index in [1.807, 2.05) is 27.7 Å². The van der Waals surface area contributed by atoms with E-state index in [1.54, 1.807) is 6.92 Å². The molecule has 2 atom stereocenters. The molecule has 0 fully saturated rings. The minimum Gasteiger partial charge on any atom is -0.388 e. The van der Waals surface area contributed by atoms with Crippen molar-refractivity contribution >= 4 is 5.91 Å². The molecule has 0 radical (unpaired) electrons. The zero-order chi connectivity index (χ0) is 14.6. The number of aromatic nitrogens is 2. The molecule has 0 saturated carbocycles. The van der Waals surface area contributed by atoms with Gasteiger partial charge in [-0.05, 0) is 26.7 Å². The highest BCUT2D eigenvalue weighted by molar-refractivity contribution is 5.79. The molecule has 1 aromatic heterocycles. The summed E-state index contributed by atoms with van der Waals surface area (Å²) in [5, 5.41) is 20.0. The Hall–Kier alpha value is -1.36. The average Bonchev–Trinajstić information content (AvgIpc) is 2.67. The summed E-state index contributed by atoms with van der Waals surface area (Å²) in [6.07, 6.45) is 1.17. The molecule has 1 aromatic rings. The van der Waals surface area contributed by atoms with E-state index in [4.69, 9.17) is 0 Å². The Morgan fingerprint density at radius 2 is 2.16 bits per heavy atom. The van der Waals surface area contributed by atoms with Crippen molar-refractivity contribution in [3.63, 3.8) is 0 Å². The van der Waals surface area contributed by atoms with E-state index in [1.165, 1.54) is 0 Å². The summed E-state index contributed by atoms with van der Waals surface area (Å²) in [7, 11) is 0. The Kier molecular flexibility index (Phi) is 5.11. The molecule has 0 spiro atoms. The zero-order valence-corrected chi connectivity index (χ0v) is 12.5. The van der Waals surface area contributed by atoms with Gasteiger partial charge in [-0.25, -0.2) is 0 Å². The molecule has 3 N–H and O–H groups in total. The van der Waals surface area contributed by atoms with E-state index in [9.17, 15) is 9.90 Å². The lowest BCUT2D eigenvalue weighted by Crippen LogP contribution is -2.45. The highest BCUT2D eigenvalue weighted by Gasteiger charge is 2.27. The van der Waals surface area contributed by atoms with Crippen LogP contribution in [0.2, 0.25) is 0 Å². The van der Waals surface area contributed by atoms with Gasteiger partial charge in [-0.15, -0.1) is 0 Å². The van der Waals surface area contributed by atoms with Crippen LogP contribution in [0.25, 0.3) is 0 Å². The first-order valence-corrected chi connectivity index (χ1v) is 6.77. The van der Waals surface area contributed by atoms with Crippen LogP contribution in [0.15, 0.2) is 0 Å². The Balaban J connectivity index is 2.53. The smallest absolute Gasteiger partial charge is 0.224 e. The number of hydrogen-bond donors (Lipinski definition) is 3. The van der Waals surface area contributed by atoms with Crippen molar-refractivity contribution in [3.8, 4) is 0 Å². The molecule has 0 aromatic carbocycles. The standard InChI is InChI=1S/C14H25N3O2/c1-6-9(2)14(5,19)8-15-13(18)7-12-10(3)16-17-11(12)4/h9,19H,6-8H2,1-5H3,(H,15,18)(H,16,17)/t9-,14-/m0/s1. The number of carbonyl (C=O) groups excluding carboxylic acids is 1. The molecule has 5 nitrogen and oxygen atoms in total. The Morgan fingerprint density at radius 1 is 1.53 bits per heavy atom. The van der Waals surface area contributed by atoms with Gasteiger partial charge in [-0.3, -0.25) is 9.89 Å². The van der Waals surface area contributed by atoms with Crippen LogP contribution in [0.3, 0.4) is 0 Å². The summed E-state index contributed by atoms with van der Waals surface area (Å²) in [4.78, 5) is 11.9. The van der Waals surface area contributed by atoms with Crippen LogP contribution in [0, 0.1) is 19.8 Å². The number of nitrogens with zero attached hydrogens (tertiary/aromatic N) is 1. The minimum atomic E-state index is -0.870. The van der Waals surface area contributed by atoms with Gasteiger partial charge in [0.25, 0.3) is 0 Å². The quantitative estimate of drug-likeness (QED) is 0.730. The number of aromatic amines is 1. The predicted molar refractivity (Wildman–Crippen MR) is 74.9 cm³/mol. The van der Waals surface area contributed by atoms with E-state index in [0.29, 0.717) is 6.42 Å². The number of rotatable bonds is 6. The maximum atomic E-state index is 11.9. The zero-order valence-electron chi connectivity index (χ0n) is 12.5. The minimum absolute atomic E-state index is 0.0869. The third kappa shape index (κ3) is 4.06. The summed E-state index contributed by atoms with van der Waals surface area (Å²) in [6.45, 7) is 9.82. The molecular weight excluding hydrogens is 242 g/mol. The first-order valence-electron chi connectivity index (χ1n) is 6.77. The van der Waals surface area contributed by atoms with Gasteiger partial charge in [0.05, 0.1) is 17.7 Å². The van der Waals surface area contributed by atoms with Gasteiger partial charge in [-0.1, -0.05) is 20.3 Å². The second kappa shape index (κ2) is 6.19. The first-order chi connectivity index (χ1) is 8.77. The average molecular weight is 267 g/mol. The Labute approximate surface area is 114 Å². The van der Waals surface area contributed by atoms with Crippen LogP contribution < -0.4 is 5.32 Å². The fourth-order valence-corrected chi connectivity index (χ4v) is 1.95. The van der Waals surface area contributed by atoms with Gasteiger partial charge >= 0.3 is 0 Å². The molecule has 108 valence electrons. The van der Waals surface area contributed by atoms with Crippen LogP contribution in [-0.4, -0.2) is 33.4 Å². The highest BCUT2D eigenvalue weighted by Crippen LogP contribution is 2.19. The van der Waals surface area contributed by atoms with Crippen LogP contribution >= 0.6 is 0 Å². The van der Waals surface area contributed by atoms with Gasteiger partial charge in [-0.2, -0.15) is 5.10 Å². The van der Waals surface area contributed by atoms with E-state index in [2.05, 4.69) is 15.5 Å². The first kappa shape index (κ1) is 15.7. The van der Waals surface area contributed by atoms with Crippen molar-refractivity contribution < 1.29 is 9.90 Å². The van der Waals surface area contributed by atoms with E-state index in [0.717, 1.165) is 23.4 Å². The molecule has 0 saturated heterocycles. The number of aliphatic hydroxyl groups is 1. The van der Waals surface area contributed by atoms with E-state index < -0.39 is 5.60 Å². The Morgan fingerprint density at radius 3 is 2.63 bits per heavy atom. The number of aryl methyl sites for hydroxylation is 2. The Bertz CT molecular complexity index is 418. The molecule has 0 bridgehead atoms. The van der Waals surface area contributed by atoms with Gasteiger partial charge in [0, 0.05) is 17.8 Å². The van der Waals surface area contributed by atoms with Crippen LogP contribution in [0.1, 0.15) is 44.1 Å². The number of carbonyl (C=O) groups is 1. The SMILES string of the molecule is CC[C@H](C)[C@@](C)(O)CNC(=O)Cc1c(C)n[nH]c1C. The summed E-state index contributed by atoms with van der Waals surface area (Å²) < 4.78 is 0. The van der Waals surface area contributed by atoms with E-state index in [-0.39, 0.29) is 18.4 Å². The number of amides is 1. The molecule has 0 unspecified atom stereocenters. The van der Waals surface area contributed by atoms with Crippen molar-refractivity contribution in [2.75, 3.05) is 6.54 Å². The molecular formula is C14H25N3O2. The normalized spacial score (nSPS) is 15.9. The second-order valence-corrected chi connectivity index (χ2v) is 5.53. The molecule has 1 amide bonds. The summed E-state index contributed by atoms with van der Waals surface area (Å²) in [5.74, 6) is 0.0568. The number of H-pyrrole nitrogens is 1. The van der Waals surface area contributed by atoms with Gasteiger partial charge in [0.2, 0.25) is 5.91 Å². The summed E-state index contributed by atoms with van der Waals surface area (Å²) in [6, 6.07) is 0. The van der Waals surface area contributed by atoms with Crippen LogP contribution in [0.4, 0.5) is 0 Å². The lowest BCUT2D eigenvalue weighted by molar-refractivity contribution is -0.122. The van der Waals surface area contributed by atoms with Crippen LogP contribution in [0.5, 0.6) is 0 Å². The molecule has 1 rings (SSSR count). The summed E-state index contributed by atoms with van der Waals surface area (Å²) in [5.41, 5.74) is 1.83. The third-order valence-corrected chi connectivity index (χ3v) is 3.94.